The van der Waals surface area contributed by atoms with Crippen molar-refractivity contribution < 1.29 is 14.5 Å². The van der Waals surface area contributed by atoms with Crippen molar-refractivity contribution in [3.05, 3.63) is 52.1 Å². The van der Waals surface area contributed by atoms with Crippen LogP contribution in [0, 0.1) is 10.1 Å². The first kappa shape index (κ1) is 14.6. The van der Waals surface area contributed by atoms with Gasteiger partial charge in [0.25, 0.3) is 11.6 Å². The zero-order valence-electron chi connectivity index (χ0n) is 10.6. The molecule has 6 nitrogen and oxygen atoms in total. The molecule has 0 heterocycles. The summed E-state index contributed by atoms with van der Waals surface area (Å²) in [4.78, 5) is 33.6. The number of para-hydroxylation sites is 1. The average Bonchev–Trinajstić information content (AvgIpc) is 2.38. The molecule has 0 radical (unpaired) electrons. The molecule has 1 unspecified atom stereocenters. The van der Waals surface area contributed by atoms with Crippen molar-refractivity contribution in [2.75, 3.05) is 0 Å². The highest BCUT2D eigenvalue weighted by atomic mass is 16.6. The third-order valence-corrected chi connectivity index (χ3v) is 2.45. The van der Waals surface area contributed by atoms with Gasteiger partial charge in [0.2, 0.25) is 0 Å². The molecule has 0 saturated carbocycles. The number of rotatable bonds is 5. The summed E-state index contributed by atoms with van der Waals surface area (Å²) in [6.07, 6.45) is 2.90. The van der Waals surface area contributed by atoms with E-state index in [4.69, 9.17) is 0 Å². The SMILES string of the molecule is C/C=C/C(=O)C(C)NC(=O)c1ccccc1[N+](=O)[O-]. The summed E-state index contributed by atoms with van der Waals surface area (Å²) >= 11 is 0. The number of hydrogen-bond donors (Lipinski definition) is 1. The average molecular weight is 262 g/mol. The number of nitro benzene ring substituents is 1. The van der Waals surface area contributed by atoms with E-state index < -0.39 is 16.9 Å². The second-order valence-electron chi connectivity index (χ2n) is 3.87. The van der Waals surface area contributed by atoms with E-state index in [0.717, 1.165) is 0 Å². The second-order valence-corrected chi connectivity index (χ2v) is 3.87. The lowest BCUT2D eigenvalue weighted by molar-refractivity contribution is -0.385. The first-order valence-electron chi connectivity index (χ1n) is 5.68. The molecule has 1 amide bonds. The normalized spacial score (nSPS) is 12.1. The fourth-order valence-electron chi connectivity index (χ4n) is 1.48. The van der Waals surface area contributed by atoms with Gasteiger partial charge in [0.05, 0.1) is 11.0 Å². The minimum absolute atomic E-state index is 0.0624. The fraction of sp³-hybridized carbons (Fsp3) is 0.231. The Morgan fingerprint density at radius 1 is 1.37 bits per heavy atom. The Hall–Kier alpha value is -2.50. The molecule has 1 N–H and O–H groups in total. The summed E-state index contributed by atoms with van der Waals surface area (Å²) in [7, 11) is 0. The number of ketones is 1. The van der Waals surface area contributed by atoms with Crippen molar-refractivity contribution in [3.63, 3.8) is 0 Å². The van der Waals surface area contributed by atoms with Crippen LogP contribution in [0.3, 0.4) is 0 Å². The van der Waals surface area contributed by atoms with Gasteiger partial charge in [-0.15, -0.1) is 0 Å². The van der Waals surface area contributed by atoms with E-state index in [1.165, 1.54) is 37.3 Å². The van der Waals surface area contributed by atoms with E-state index in [9.17, 15) is 19.7 Å². The maximum atomic E-state index is 11.9. The van der Waals surface area contributed by atoms with Crippen LogP contribution < -0.4 is 5.32 Å². The summed E-state index contributed by atoms with van der Waals surface area (Å²) in [5, 5.41) is 13.2. The van der Waals surface area contributed by atoms with Crippen LogP contribution in [-0.4, -0.2) is 22.7 Å². The van der Waals surface area contributed by atoms with Crippen molar-refractivity contribution in [3.8, 4) is 0 Å². The van der Waals surface area contributed by atoms with Gasteiger partial charge in [-0.1, -0.05) is 18.2 Å². The summed E-state index contributed by atoms with van der Waals surface area (Å²) in [5.41, 5.74) is -0.349. The number of nitrogens with one attached hydrogen (secondary N) is 1. The summed E-state index contributed by atoms with van der Waals surface area (Å²) in [5.74, 6) is -0.910. The maximum absolute atomic E-state index is 11.9. The molecule has 0 saturated heterocycles. The monoisotopic (exact) mass is 262 g/mol. The first-order chi connectivity index (χ1) is 8.97. The molecule has 0 spiro atoms. The number of nitro groups is 1. The molecular weight excluding hydrogens is 248 g/mol. The van der Waals surface area contributed by atoms with Crippen LogP contribution in [0.15, 0.2) is 36.4 Å². The topological polar surface area (TPSA) is 89.3 Å². The highest BCUT2D eigenvalue weighted by molar-refractivity contribution is 6.02. The van der Waals surface area contributed by atoms with Crippen LogP contribution in [0.25, 0.3) is 0 Å². The van der Waals surface area contributed by atoms with E-state index in [1.54, 1.807) is 13.0 Å². The van der Waals surface area contributed by atoms with Crippen LogP contribution in [-0.2, 0) is 4.79 Å². The molecular formula is C13H14N2O4. The van der Waals surface area contributed by atoms with Crippen molar-refractivity contribution in [1.82, 2.24) is 5.32 Å². The smallest absolute Gasteiger partial charge is 0.282 e. The number of nitrogens with zero attached hydrogens (tertiary/aromatic N) is 1. The molecule has 0 fully saturated rings. The lowest BCUT2D eigenvalue weighted by atomic mass is 10.1. The Morgan fingerprint density at radius 2 is 2.00 bits per heavy atom. The second kappa shape index (κ2) is 6.44. The Bertz CT molecular complexity index is 537. The van der Waals surface area contributed by atoms with Gasteiger partial charge in [-0.2, -0.15) is 0 Å². The quantitative estimate of drug-likeness (QED) is 0.498. The minimum atomic E-state index is -0.733. The van der Waals surface area contributed by atoms with Crippen LogP contribution in [0.2, 0.25) is 0 Å². The number of carbonyl (C=O) groups is 2. The summed E-state index contributed by atoms with van der Waals surface area (Å²) < 4.78 is 0. The Morgan fingerprint density at radius 3 is 2.58 bits per heavy atom. The minimum Gasteiger partial charge on any atom is -0.342 e. The van der Waals surface area contributed by atoms with Gasteiger partial charge in [0, 0.05) is 6.07 Å². The number of amides is 1. The maximum Gasteiger partial charge on any atom is 0.282 e. The molecule has 1 atom stereocenters. The lowest BCUT2D eigenvalue weighted by Gasteiger charge is -2.10. The Kier molecular flexibility index (Phi) is 4.93. The third kappa shape index (κ3) is 3.74. The zero-order valence-corrected chi connectivity index (χ0v) is 10.6. The van der Waals surface area contributed by atoms with E-state index in [-0.39, 0.29) is 17.0 Å². The third-order valence-electron chi connectivity index (χ3n) is 2.45. The molecule has 1 rings (SSSR count). The van der Waals surface area contributed by atoms with Gasteiger partial charge in [-0.25, -0.2) is 0 Å². The van der Waals surface area contributed by atoms with Gasteiger partial charge in [-0.3, -0.25) is 19.7 Å². The van der Waals surface area contributed by atoms with Crippen LogP contribution in [0.4, 0.5) is 5.69 Å². The van der Waals surface area contributed by atoms with Crippen molar-refractivity contribution in [1.29, 1.82) is 0 Å². The summed E-state index contributed by atoms with van der Waals surface area (Å²) in [6.45, 7) is 3.21. The van der Waals surface area contributed by atoms with Gasteiger partial charge < -0.3 is 5.32 Å². The molecule has 0 aliphatic rings. The molecule has 0 aromatic heterocycles. The molecule has 1 aromatic carbocycles. The first-order valence-corrected chi connectivity index (χ1v) is 5.68. The number of hydrogen-bond acceptors (Lipinski definition) is 4. The van der Waals surface area contributed by atoms with Gasteiger partial charge in [-0.05, 0) is 26.0 Å². The molecule has 6 heteroatoms. The van der Waals surface area contributed by atoms with E-state index in [0.29, 0.717) is 0 Å². The number of carbonyl (C=O) groups excluding carboxylic acids is 2. The zero-order chi connectivity index (χ0) is 14.4. The predicted molar refractivity (Wildman–Crippen MR) is 69.8 cm³/mol. The highest BCUT2D eigenvalue weighted by Gasteiger charge is 2.21. The van der Waals surface area contributed by atoms with E-state index in [2.05, 4.69) is 5.32 Å². The summed E-state index contributed by atoms with van der Waals surface area (Å²) in [6, 6.07) is 4.86. The lowest BCUT2D eigenvalue weighted by Crippen LogP contribution is -2.37. The van der Waals surface area contributed by atoms with Crippen molar-refractivity contribution in [2.45, 2.75) is 19.9 Å². The van der Waals surface area contributed by atoms with Crippen LogP contribution in [0.1, 0.15) is 24.2 Å². The van der Waals surface area contributed by atoms with Crippen LogP contribution in [0.5, 0.6) is 0 Å². The van der Waals surface area contributed by atoms with E-state index >= 15 is 0 Å². The number of allylic oxidation sites excluding steroid dienone is 1. The number of benzene rings is 1. The standard InChI is InChI=1S/C13H14N2O4/c1-3-6-12(16)9(2)14-13(17)10-7-4-5-8-11(10)15(18)19/h3-9H,1-2H3,(H,14,17)/b6-3+. The molecule has 0 aliphatic carbocycles. The molecule has 1 aromatic rings. The van der Waals surface area contributed by atoms with Gasteiger partial charge in [0.15, 0.2) is 5.78 Å². The highest BCUT2D eigenvalue weighted by Crippen LogP contribution is 2.17. The van der Waals surface area contributed by atoms with Crippen molar-refractivity contribution >= 4 is 17.4 Å². The van der Waals surface area contributed by atoms with Crippen LogP contribution >= 0.6 is 0 Å². The molecule has 0 bridgehead atoms. The molecule has 0 aliphatic heterocycles. The van der Waals surface area contributed by atoms with Gasteiger partial charge in [0.1, 0.15) is 5.56 Å². The fourth-order valence-corrected chi connectivity index (χ4v) is 1.48. The Balaban J connectivity index is 2.90. The molecule has 100 valence electrons. The van der Waals surface area contributed by atoms with Crippen molar-refractivity contribution in [2.24, 2.45) is 0 Å². The molecule has 19 heavy (non-hydrogen) atoms. The predicted octanol–water partition coefficient (Wildman–Crippen LogP) is 1.86. The Labute approximate surface area is 110 Å². The largest absolute Gasteiger partial charge is 0.342 e. The van der Waals surface area contributed by atoms with Gasteiger partial charge >= 0.3 is 0 Å². The van der Waals surface area contributed by atoms with E-state index in [1.807, 2.05) is 0 Å².